The summed E-state index contributed by atoms with van der Waals surface area (Å²) in [5.41, 5.74) is 0.806. The van der Waals surface area contributed by atoms with Crippen molar-refractivity contribution in [3.05, 3.63) is 90.8 Å². The average molecular weight is 597 g/mol. The average Bonchev–Trinajstić information content (AvgIpc) is 2.71. The zero-order chi connectivity index (χ0) is 23.5. The van der Waals surface area contributed by atoms with Gasteiger partial charge < -0.3 is 5.32 Å². The molecule has 0 heterocycles. The third-order valence-corrected chi connectivity index (χ3v) is 7.81. The van der Waals surface area contributed by atoms with E-state index in [1.54, 1.807) is 30.3 Å². The molecule has 0 saturated heterocycles. The van der Waals surface area contributed by atoms with Gasteiger partial charge in [-0.05, 0) is 60.2 Å². The number of amides is 1. The number of hydrogen-bond donors (Lipinski definition) is 1. The summed E-state index contributed by atoms with van der Waals surface area (Å²) < 4.78 is 28.4. The molecule has 0 radical (unpaired) electrons. The molecule has 168 valence electrons. The number of anilines is 1. The van der Waals surface area contributed by atoms with Crippen LogP contribution in [0.4, 0.5) is 5.69 Å². The normalized spacial score (nSPS) is 11.6. The van der Waals surface area contributed by atoms with Gasteiger partial charge >= 0.3 is 0 Å². The van der Waals surface area contributed by atoms with Gasteiger partial charge in [0, 0.05) is 26.1 Å². The van der Waals surface area contributed by atoms with Crippen LogP contribution in [0.15, 0.2) is 70.0 Å². The Balaban J connectivity index is 1.92. The highest BCUT2D eigenvalue weighted by atomic mass is 79.9. The quantitative estimate of drug-likeness (QED) is 0.323. The molecule has 0 aliphatic carbocycles. The largest absolute Gasteiger partial charge is 0.324 e. The molecule has 0 atom stereocenters. The molecule has 3 aromatic carbocycles. The Labute approximate surface area is 214 Å². The molecule has 11 heteroatoms. The molecular formula is C21H15BrCl4N2O3S. The van der Waals surface area contributed by atoms with Crippen molar-refractivity contribution >= 4 is 84.0 Å². The maximum Gasteiger partial charge on any atom is 0.243 e. The Morgan fingerprint density at radius 1 is 0.875 bits per heavy atom. The molecule has 0 unspecified atom stereocenters. The monoisotopic (exact) mass is 594 g/mol. The molecule has 0 aromatic heterocycles. The van der Waals surface area contributed by atoms with Gasteiger partial charge in [0.1, 0.15) is 0 Å². The summed E-state index contributed by atoms with van der Waals surface area (Å²) in [7, 11) is -4.04. The van der Waals surface area contributed by atoms with Crippen LogP contribution in [-0.2, 0) is 21.4 Å². The van der Waals surface area contributed by atoms with E-state index in [2.05, 4.69) is 21.2 Å². The summed E-state index contributed by atoms with van der Waals surface area (Å²) in [6, 6.07) is 15.4. The lowest BCUT2D eigenvalue weighted by Gasteiger charge is -2.23. The van der Waals surface area contributed by atoms with E-state index in [-0.39, 0.29) is 21.5 Å². The van der Waals surface area contributed by atoms with Crippen molar-refractivity contribution in [3.63, 3.8) is 0 Å². The van der Waals surface area contributed by atoms with Gasteiger partial charge in [-0.3, -0.25) is 4.79 Å². The number of hydrogen-bond acceptors (Lipinski definition) is 3. The standard InChI is InChI=1S/C21H15BrCl4N2O3S/c22-14-2-6-17(7-3-14)32(30,31)28(11-13-1-4-15(23)9-18(13)25)12-21(29)27-20-8-5-16(24)10-19(20)26/h1-10H,11-12H2,(H,27,29). The van der Waals surface area contributed by atoms with Crippen molar-refractivity contribution in [1.82, 2.24) is 4.31 Å². The van der Waals surface area contributed by atoms with E-state index in [0.29, 0.717) is 21.3 Å². The van der Waals surface area contributed by atoms with Crippen molar-refractivity contribution in [2.45, 2.75) is 11.4 Å². The van der Waals surface area contributed by atoms with Crippen molar-refractivity contribution in [3.8, 4) is 0 Å². The summed E-state index contributed by atoms with van der Waals surface area (Å²) in [6.45, 7) is -0.619. The number of sulfonamides is 1. The summed E-state index contributed by atoms with van der Waals surface area (Å²) in [4.78, 5) is 12.8. The Morgan fingerprint density at radius 3 is 2.06 bits per heavy atom. The molecule has 32 heavy (non-hydrogen) atoms. The van der Waals surface area contributed by atoms with Gasteiger partial charge in [-0.1, -0.05) is 68.4 Å². The van der Waals surface area contributed by atoms with E-state index in [0.717, 1.165) is 8.78 Å². The van der Waals surface area contributed by atoms with Crippen molar-refractivity contribution in [1.29, 1.82) is 0 Å². The molecule has 0 aliphatic rings. The molecule has 3 aromatic rings. The smallest absolute Gasteiger partial charge is 0.243 e. The SMILES string of the molecule is O=C(CN(Cc1ccc(Cl)cc1Cl)S(=O)(=O)c1ccc(Br)cc1)Nc1ccc(Cl)cc1Cl. The maximum absolute atomic E-state index is 13.3. The molecular weight excluding hydrogens is 582 g/mol. The van der Waals surface area contributed by atoms with Crippen LogP contribution in [0.2, 0.25) is 20.1 Å². The fourth-order valence-corrected chi connectivity index (χ4v) is 5.32. The molecule has 3 rings (SSSR count). The van der Waals surface area contributed by atoms with E-state index in [1.807, 2.05) is 0 Å². The first-order valence-corrected chi connectivity index (χ1v) is 12.8. The molecule has 0 aliphatic heterocycles. The number of carbonyl (C=O) groups is 1. The second-order valence-corrected chi connectivity index (χ2v) is 11.2. The van der Waals surface area contributed by atoms with E-state index in [9.17, 15) is 13.2 Å². The minimum Gasteiger partial charge on any atom is -0.324 e. The lowest BCUT2D eigenvalue weighted by molar-refractivity contribution is -0.116. The Bertz CT molecular complexity index is 1250. The van der Waals surface area contributed by atoms with Crippen LogP contribution in [0.1, 0.15) is 5.56 Å². The topological polar surface area (TPSA) is 66.5 Å². The van der Waals surface area contributed by atoms with Crippen LogP contribution < -0.4 is 5.32 Å². The zero-order valence-electron chi connectivity index (χ0n) is 16.2. The summed E-state index contributed by atoms with van der Waals surface area (Å²) in [6.07, 6.45) is 0. The minimum atomic E-state index is -4.04. The molecule has 5 nitrogen and oxygen atoms in total. The summed E-state index contributed by atoms with van der Waals surface area (Å²) in [5, 5.41) is 3.95. The second-order valence-electron chi connectivity index (χ2n) is 6.64. The molecule has 1 N–H and O–H groups in total. The minimum absolute atomic E-state index is 0.0307. The van der Waals surface area contributed by atoms with Crippen LogP contribution in [0.3, 0.4) is 0 Å². The fourth-order valence-electron chi connectivity index (χ4n) is 2.76. The van der Waals surface area contributed by atoms with E-state index < -0.39 is 22.5 Å². The number of halogens is 5. The summed E-state index contributed by atoms with van der Waals surface area (Å²) >= 11 is 27.5. The number of carbonyl (C=O) groups excluding carboxylic acids is 1. The first-order chi connectivity index (χ1) is 15.1. The van der Waals surface area contributed by atoms with Crippen LogP contribution in [-0.4, -0.2) is 25.2 Å². The van der Waals surface area contributed by atoms with Gasteiger partial charge in [-0.15, -0.1) is 0 Å². The van der Waals surface area contributed by atoms with Gasteiger partial charge in [0.25, 0.3) is 0 Å². The van der Waals surface area contributed by atoms with Crippen molar-refractivity contribution in [2.24, 2.45) is 0 Å². The number of benzene rings is 3. The number of rotatable bonds is 7. The predicted molar refractivity (Wildman–Crippen MR) is 133 cm³/mol. The first-order valence-electron chi connectivity index (χ1n) is 9.01. The fraction of sp³-hybridized carbons (Fsp3) is 0.0952. The maximum atomic E-state index is 13.3. The Morgan fingerprint density at radius 2 is 1.47 bits per heavy atom. The van der Waals surface area contributed by atoms with Gasteiger partial charge in [0.2, 0.25) is 15.9 Å². The van der Waals surface area contributed by atoms with Crippen LogP contribution in [0.5, 0.6) is 0 Å². The summed E-state index contributed by atoms with van der Waals surface area (Å²) in [5.74, 6) is -0.583. The number of nitrogens with zero attached hydrogens (tertiary/aromatic N) is 1. The zero-order valence-corrected chi connectivity index (χ0v) is 21.6. The van der Waals surface area contributed by atoms with Gasteiger partial charge in [-0.2, -0.15) is 4.31 Å². The molecule has 0 bridgehead atoms. The number of nitrogens with one attached hydrogen (secondary N) is 1. The van der Waals surface area contributed by atoms with E-state index in [1.165, 1.54) is 30.3 Å². The van der Waals surface area contributed by atoms with Crippen LogP contribution in [0.25, 0.3) is 0 Å². The third kappa shape index (κ3) is 6.38. The second kappa shape index (κ2) is 10.7. The van der Waals surface area contributed by atoms with Crippen LogP contribution >= 0.6 is 62.3 Å². The highest BCUT2D eigenvalue weighted by Crippen LogP contribution is 2.27. The Kier molecular flexibility index (Phi) is 8.49. The van der Waals surface area contributed by atoms with E-state index in [4.69, 9.17) is 46.4 Å². The van der Waals surface area contributed by atoms with Crippen molar-refractivity contribution < 1.29 is 13.2 Å². The lowest BCUT2D eigenvalue weighted by Crippen LogP contribution is -2.37. The van der Waals surface area contributed by atoms with Crippen LogP contribution in [0, 0.1) is 0 Å². The van der Waals surface area contributed by atoms with E-state index >= 15 is 0 Å². The molecule has 0 spiro atoms. The van der Waals surface area contributed by atoms with Gasteiger partial charge in [0.05, 0.1) is 22.2 Å². The van der Waals surface area contributed by atoms with Gasteiger partial charge in [0.15, 0.2) is 0 Å². The molecule has 1 amide bonds. The molecule has 0 fully saturated rings. The van der Waals surface area contributed by atoms with Crippen molar-refractivity contribution in [2.75, 3.05) is 11.9 Å². The highest BCUT2D eigenvalue weighted by molar-refractivity contribution is 9.10. The lowest BCUT2D eigenvalue weighted by atomic mass is 10.2. The van der Waals surface area contributed by atoms with Gasteiger partial charge in [-0.25, -0.2) is 8.42 Å². The predicted octanol–water partition coefficient (Wildman–Crippen LogP) is 6.89. The molecule has 0 saturated carbocycles. The first kappa shape index (κ1) is 25.3. The highest BCUT2D eigenvalue weighted by Gasteiger charge is 2.28. The Hall–Kier alpha value is -1.32. The third-order valence-electron chi connectivity index (χ3n) is 4.34.